The number of H-pyrrole nitrogens is 1. The van der Waals surface area contributed by atoms with E-state index in [0.29, 0.717) is 5.13 Å². The minimum Gasteiger partial charge on any atom is -0.375 e. The Balaban J connectivity index is 1.67. The molecule has 0 radical (unpaired) electrons. The van der Waals surface area contributed by atoms with E-state index in [2.05, 4.69) is 19.9 Å². The number of nitrogen functional groups attached to an aromatic ring is 1. The first-order valence-corrected chi connectivity index (χ1v) is 7.72. The fourth-order valence-electron chi connectivity index (χ4n) is 2.17. The van der Waals surface area contributed by atoms with Gasteiger partial charge in [-0.2, -0.15) is 0 Å². The Morgan fingerprint density at radius 2 is 2.05 bits per heavy atom. The lowest BCUT2D eigenvalue weighted by molar-refractivity contribution is 0.774. The minimum absolute atomic E-state index is 0.633. The number of fused-ring (bicyclic) bond motifs is 1. The van der Waals surface area contributed by atoms with Gasteiger partial charge in [0.15, 0.2) is 10.8 Å². The van der Waals surface area contributed by atoms with E-state index in [1.165, 1.54) is 11.3 Å². The first-order valence-electron chi connectivity index (χ1n) is 6.84. The molecule has 0 saturated heterocycles. The number of aromatic amines is 1. The third-order valence-electron chi connectivity index (χ3n) is 3.25. The van der Waals surface area contributed by atoms with Crippen molar-refractivity contribution in [2.45, 2.75) is 19.3 Å². The summed E-state index contributed by atoms with van der Waals surface area (Å²) in [7, 11) is 3.95. The Kier molecular flexibility index (Phi) is 3.74. The SMILES string of the molecule is CN(C)c1ccc2[nH]c(CCCc3csc(N)n3)nc2n1. The van der Waals surface area contributed by atoms with Gasteiger partial charge in [-0.1, -0.05) is 0 Å². The summed E-state index contributed by atoms with van der Waals surface area (Å²) in [5.74, 6) is 1.88. The van der Waals surface area contributed by atoms with Crippen molar-refractivity contribution in [1.29, 1.82) is 0 Å². The highest BCUT2D eigenvalue weighted by molar-refractivity contribution is 7.13. The maximum Gasteiger partial charge on any atom is 0.180 e. The number of pyridine rings is 1. The van der Waals surface area contributed by atoms with E-state index in [1.54, 1.807) is 0 Å². The highest BCUT2D eigenvalue weighted by atomic mass is 32.1. The van der Waals surface area contributed by atoms with Gasteiger partial charge in [0.2, 0.25) is 0 Å². The number of nitrogens with zero attached hydrogens (tertiary/aromatic N) is 4. The molecule has 0 fully saturated rings. The number of aromatic nitrogens is 4. The zero-order valence-corrected chi connectivity index (χ0v) is 12.9. The first-order chi connectivity index (χ1) is 10.1. The van der Waals surface area contributed by atoms with E-state index in [-0.39, 0.29) is 0 Å². The maximum absolute atomic E-state index is 5.63. The van der Waals surface area contributed by atoms with Gasteiger partial charge in [-0.05, 0) is 25.0 Å². The summed E-state index contributed by atoms with van der Waals surface area (Å²) in [4.78, 5) is 18.6. The van der Waals surface area contributed by atoms with Gasteiger partial charge in [-0.3, -0.25) is 0 Å². The predicted octanol–water partition coefficient (Wildman–Crippen LogP) is 2.24. The summed E-state index contributed by atoms with van der Waals surface area (Å²) in [5, 5.41) is 2.65. The van der Waals surface area contributed by atoms with Crippen LogP contribution in [0.1, 0.15) is 17.9 Å². The Labute approximate surface area is 127 Å². The fourth-order valence-corrected chi connectivity index (χ4v) is 2.77. The molecule has 0 saturated carbocycles. The molecule has 0 unspecified atom stereocenters. The van der Waals surface area contributed by atoms with Gasteiger partial charge in [0.1, 0.15) is 11.6 Å². The van der Waals surface area contributed by atoms with Crippen molar-refractivity contribution in [1.82, 2.24) is 19.9 Å². The highest BCUT2D eigenvalue weighted by Crippen LogP contribution is 2.16. The van der Waals surface area contributed by atoms with Gasteiger partial charge in [-0.25, -0.2) is 15.0 Å². The van der Waals surface area contributed by atoms with Crippen molar-refractivity contribution < 1.29 is 0 Å². The lowest BCUT2D eigenvalue weighted by atomic mass is 10.2. The fraction of sp³-hybridized carbons (Fsp3) is 0.357. The third-order valence-corrected chi connectivity index (χ3v) is 3.98. The molecule has 21 heavy (non-hydrogen) atoms. The van der Waals surface area contributed by atoms with E-state index in [1.807, 2.05) is 36.5 Å². The number of aryl methyl sites for hydroxylation is 2. The molecular weight excluding hydrogens is 284 g/mol. The van der Waals surface area contributed by atoms with Crippen LogP contribution in [0.4, 0.5) is 10.9 Å². The normalized spacial score (nSPS) is 11.1. The van der Waals surface area contributed by atoms with Crippen LogP contribution in [0.3, 0.4) is 0 Å². The predicted molar refractivity (Wildman–Crippen MR) is 86.8 cm³/mol. The molecule has 0 atom stereocenters. The molecule has 3 heterocycles. The molecule has 0 aliphatic rings. The molecule has 0 bridgehead atoms. The van der Waals surface area contributed by atoms with Crippen LogP contribution < -0.4 is 10.6 Å². The van der Waals surface area contributed by atoms with Gasteiger partial charge in [0.05, 0.1) is 11.2 Å². The zero-order chi connectivity index (χ0) is 14.8. The molecule has 3 rings (SSSR count). The van der Waals surface area contributed by atoms with Crippen molar-refractivity contribution in [3.05, 3.63) is 29.0 Å². The number of imidazole rings is 1. The van der Waals surface area contributed by atoms with Crippen LogP contribution in [-0.2, 0) is 12.8 Å². The third kappa shape index (κ3) is 3.13. The largest absolute Gasteiger partial charge is 0.375 e. The molecule has 6 nitrogen and oxygen atoms in total. The highest BCUT2D eigenvalue weighted by Gasteiger charge is 2.07. The van der Waals surface area contributed by atoms with Gasteiger partial charge in [0, 0.05) is 25.9 Å². The molecule has 0 amide bonds. The number of hydrogen-bond donors (Lipinski definition) is 2. The van der Waals surface area contributed by atoms with E-state index in [4.69, 9.17) is 5.73 Å². The number of nitrogens with one attached hydrogen (secondary N) is 1. The van der Waals surface area contributed by atoms with Gasteiger partial charge in [-0.15, -0.1) is 11.3 Å². The van der Waals surface area contributed by atoms with E-state index in [0.717, 1.165) is 47.8 Å². The van der Waals surface area contributed by atoms with Crippen LogP contribution in [0.5, 0.6) is 0 Å². The van der Waals surface area contributed by atoms with E-state index in [9.17, 15) is 0 Å². The van der Waals surface area contributed by atoms with E-state index >= 15 is 0 Å². The molecule has 3 aromatic rings. The maximum atomic E-state index is 5.63. The molecule has 7 heteroatoms. The summed E-state index contributed by atoms with van der Waals surface area (Å²) in [6.07, 6.45) is 2.79. The van der Waals surface area contributed by atoms with Crippen molar-refractivity contribution in [3.8, 4) is 0 Å². The molecule has 110 valence electrons. The number of rotatable bonds is 5. The van der Waals surface area contributed by atoms with Crippen LogP contribution in [0.15, 0.2) is 17.5 Å². The lowest BCUT2D eigenvalue weighted by Crippen LogP contribution is -2.10. The second-order valence-corrected chi connectivity index (χ2v) is 6.04. The van der Waals surface area contributed by atoms with Crippen LogP contribution in [0, 0.1) is 0 Å². The standard InChI is InChI=1S/C14H18N6S/c1-20(2)12-7-6-10-13(19-12)18-11(17-10)5-3-4-9-8-21-14(15)16-9/h6-8H,3-5H2,1-2H3,(H2,15,16)(H,17,18,19). The van der Waals surface area contributed by atoms with Crippen LogP contribution >= 0.6 is 11.3 Å². The number of thiazole rings is 1. The molecule has 0 spiro atoms. The second-order valence-electron chi connectivity index (χ2n) is 5.15. The Morgan fingerprint density at radius 3 is 2.76 bits per heavy atom. The monoisotopic (exact) mass is 302 g/mol. The number of nitrogens with two attached hydrogens (primary N) is 1. The van der Waals surface area contributed by atoms with Crippen molar-refractivity contribution in [2.24, 2.45) is 0 Å². The summed E-state index contributed by atoms with van der Waals surface area (Å²) in [5.41, 5.74) is 8.44. The van der Waals surface area contributed by atoms with Crippen LogP contribution in [0.2, 0.25) is 0 Å². The zero-order valence-electron chi connectivity index (χ0n) is 12.1. The van der Waals surface area contributed by atoms with Crippen molar-refractivity contribution in [2.75, 3.05) is 24.7 Å². The molecule has 0 aliphatic carbocycles. The molecule has 0 aliphatic heterocycles. The van der Waals surface area contributed by atoms with Gasteiger partial charge >= 0.3 is 0 Å². The summed E-state index contributed by atoms with van der Waals surface area (Å²) in [6, 6.07) is 4.01. The van der Waals surface area contributed by atoms with Gasteiger partial charge in [0.25, 0.3) is 0 Å². The quantitative estimate of drug-likeness (QED) is 0.755. The summed E-state index contributed by atoms with van der Waals surface area (Å²) < 4.78 is 0. The first kappa shape index (κ1) is 13.8. The molecule has 3 N–H and O–H groups in total. The summed E-state index contributed by atoms with van der Waals surface area (Å²) >= 11 is 1.49. The number of anilines is 2. The minimum atomic E-state index is 0.633. The van der Waals surface area contributed by atoms with E-state index < -0.39 is 0 Å². The Hall–Kier alpha value is -2.15. The Bertz CT molecular complexity index is 745. The topological polar surface area (TPSA) is 83.7 Å². The van der Waals surface area contributed by atoms with Crippen molar-refractivity contribution in [3.63, 3.8) is 0 Å². The Morgan fingerprint density at radius 1 is 1.19 bits per heavy atom. The van der Waals surface area contributed by atoms with Gasteiger partial charge < -0.3 is 15.6 Å². The smallest absolute Gasteiger partial charge is 0.180 e. The molecular formula is C14H18N6S. The number of hydrogen-bond acceptors (Lipinski definition) is 6. The average molecular weight is 302 g/mol. The lowest BCUT2D eigenvalue weighted by Gasteiger charge is -2.09. The second kappa shape index (κ2) is 5.69. The summed E-state index contributed by atoms with van der Waals surface area (Å²) in [6.45, 7) is 0. The van der Waals surface area contributed by atoms with Crippen LogP contribution in [0.25, 0.3) is 11.2 Å². The van der Waals surface area contributed by atoms with Crippen molar-refractivity contribution >= 4 is 33.5 Å². The average Bonchev–Trinajstić information content (AvgIpc) is 3.03. The molecule has 3 aromatic heterocycles. The van der Waals surface area contributed by atoms with Crippen LogP contribution in [-0.4, -0.2) is 34.0 Å². The molecule has 0 aromatic carbocycles.